The quantitative estimate of drug-likeness (QED) is 0.323. The van der Waals surface area contributed by atoms with Crippen LogP contribution in [0.1, 0.15) is 47.7 Å². The largest absolute Gasteiger partial charge is 0.326 e. The molecule has 3 aromatic heterocycles. The van der Waals surface area contributed by atoms with Gasteiger partial charge in [0.2, 0.25) is 15.9 Å². The van der Waals surface area contributed by atoms with Crippen molar-refractivity contribution in [2.45, 2.75) is 46.1 Å². The molecule has 1 atom stereocenters. The molecule has 1 saturated heterocycles. The van der Waals surface area contributed by atoms with Crippen molar-refractivity contribution in [2.24, 2.45) is 0 Å². The summed E-state index contributed by atoms with van der Waals surface area (Å²) in [6.45, 7) is 6.24. The van der Waals surface area contributed by atoms with Gasteiger partial charge < -0.3 is 10.2 Å². The molecule has 4 heterocycles. The molecule has 0 saturated carbocycles. The third-order valence-corrected chi connectivity index (χ3v) is 8.90. The lowest BCUT2D eigenvalue weighted by Gasteiger charge is -2.39. The zero-order valence-electron chi connectivity index (χ0n) is 22.8. The number of carbonyl (C=O) groups excluding carboxylic acids is 2. The van der Waals surface area contributed by atoms with E-state index in [1.807, 2.05) is 17.5 Å². The number of aryl methyl sites for hydroxylation is 3. The second-order valence-corrected chi connectivity index (χ2v) is 12.6. The fraction of sp³-hybridized carbons (Fsp3) is 0.310. The molecule has 40 heavy (non-hydrogen) atoms. The third-order valence-electron chi connectivity index (χ3n) is 7.04. The second-order valence-electron chi connectivity index (χ2n) is 9.89. The van der Waals surface area contributed by atoms with Crippen molar-refractivity contribution in [3.8, 4) is 22.4 Å². The molecule has 1 N–H and O–H groups in total. The number of carbonyl (C=O) groups is 2. The number of thiazole rings is 1. The maximum atomic E-state index is 13.0. The normalized spacial score (nSPS) is 15.1. The molecule has 1 aliphatic heterocycles. The van der Waals surface area contributed by atoms with E-state index in [1.54, 1.807) is 6.92 Å². The number of benzene rings is 1. The Bertz CT molecular complexity index is 1680. The van der Waals surface area contributed by atoms with Gasteiger partial charge in [-0.3, -0.25) is 14.6 Å². The predicted octanol–water partition coefficient (Wildman–Crippen LogP) is 4.77. The lowest BCUT2D eigenvalue weighted by atomic mass is 10.0. The van der Waals surface area contributed by atoms with Crippen LogP contribution in [0.25, 0.3) is 22.4 Å². The summed E-state index contributed by atoms with van der Waals surface area (Å²) < 4.78 is 24.9. The molecular weight excluding hydrogens is 546 g/mol. The van der Waals surface area contributed by atoms with E-state index in [9.17, 15) is 18.0 Å². The van der Waals surface area contributed by atoms with Crippen molar-refractivity contribution in [3.05, 3.63) is 76.7 Å². The molecule has 0 radical (unpaired) electrons. The molecule has 0 bridgehead atoms. The third kappa shape index (κ3) is 5.57. The van der Waals surface area contributed by atoms with Crippen LogP contribution >= 0.6 is 11.3 Å². The van der Waals surface area contributed by atoms with E-state index in [2.05, 4.69) is 53.4 Å². The minimum Gasteiger partial charge on any atom is -0.326 e. The van der Waals surface area contributed by atoms with E-state index in [4.69, 9.17) is 0 Å². The molecule has 0 unspecified atom stereocenters. The van der Waals surface area contributed by atoms with Crippen LogP contribution < -0.4 is 5.32 Å². The number of aromatic nitrogens is 3. The van der Waals surface area contributed by atoms with Crippen molar-refractivity contribution in [2.75, 3.05) is 18.1 Å². The van der Waals surface area contributed by atoms with Crippen molar-refractivity contribution in [3.63, 3.8) is 0 Å². The highest BCUT2D eigenvalue weighted by molar-refractivity contribution is 7.89. The predicted molar refractivity (Wildman–Crippen MR) is 157 cm³/mol. The summed E-state index contributed by atoms with van der Waals surface area (Å²) >= 11 is 1.33. The first-order chi connectivity index (χ1) is 19.1. The Morgan fingerprint density at radius 1 is 1.02 bits per heavy atom. The van der Waals surface area contributed by atoms with Crippen LogP contribution in [0.5, 0.6) is 0 Å². The number of likely N-dealkylation sites (tertiary alicyclic amines) is 1. The second kappa shape index (κ2) is 11.0. The Hall–Kier alpha value is -3.83. The van der Waals surface area contributed by atoms with Gasteiger partial charge in [0.15, 0.2) is 5.13 Å². The fourth-order valence-electron chi connectivity index (χ4n) is 4.79. The van der Waals surface area contributed by atoms with Crippen molar-refractivity contribution in [1.82, 2.24) is 18.8 Å². The molecule has 11 heteroatoms. The molecule has 1 aromatic carbocycles. The van der Waals surface area contributed by atoms with Gasteiger partial charge >= 0.3 is 0 Å². The number of nitrogens with one attached hydrogen (secondary N) is 1. The van der Waals surface area contributed by atoms with Gasteiger partial charge in [0, 0.05) is 40.8 Å². The van der Waals surface area contributed by atoms with E-state index in [0.29, 0.717) is 23.8 Å². The molecule has 0 spiro atoms. The van der Waals surface area contributed by atoms with Crippen LogP contribution in [0.3, 0.4) is 0 Å². The molecule has 4 aromatic rings. The summed E-state index contributed by atoms with van der Waals surface area (Å²) in [4.78, 5) is 36.8. The summed E-state index contributed by atoms with van der Waals surface area (Å²) in [7, 11) is -3.52. The molecule has 2 amide bonds. The van der Waals surface area contributed by atoms with Crippen LogP contribution in [-0.4, -0.2) is 57.9 Å². The standard InChI is InChI=1S/C29H31N5O4S2/c1-5-23-14-21(15-24(6-2)30-23)19-8-7-9-20(13-19)25-17-39-29(31-25)32-27(35)26-10-11-33(26)28(36)22-12-18(3)34(16-22)40(4,37)38/h7-9,12-17,26H,5-6,10-11H2,1-4H3,(H,31,32,35)/t26-/m0/s1. The zero-order chi connectivity index (χ0) is 28.6. The highest BCUT2D eigenvalue weighted by Crippen LogP contribution is 2.30. The van der Waals surface area contributed by atoms with Crippen LogP contribution in [0, 0.1) is 6.92 Å². The average Bonchev–Trinajstić information content (AvgIpc) is 3.54. The molecule has 5 rings (SSSR count). The van der Waals surface area contributed by atoms with Crippen molar-refractivity contribution in [1.29, 1.82) is 0 Å². The number of nitrogens with zero attached hydrogens (tertiary/aromatic N) is 4. The van der Waals surface area contributed by atoms with Crippen molar-refractivity contribution < 1.29 is 18.0 Å². The van der Waals surface area contributed by atoms with E-state index in [1.165, 1.54) is 28.5 Å². The van der Waals surface area contributed by atoms with E-state index in [-0.39, 0.29) is 17.4 Å². The summed E-state index contributed by atoms with van der Waals surface area (Å²) in [6, 6.07) is 13.3. The minimum absolute atomic E-state index is 0.239. The molecular formula is C29H31N5O4S2. The van der Waals surface area contributed by atoms with Gasteiger partial charge in [0.05, 0.1) is 17.5 Å². The minimum atomic E-state index is -3.52. The Morgan fingerprint density at radius 2 is 1.73 bits per heavy atom. The van der Waals surface area contributed by atoms with Gasteiger partial charge in [-0.15, -0.1) is 11.3 Å². The zero-order valence-corrected chi connectivity index (χ0v) is 24.5. The summed E-state index contributed by atoms with van der Waals surface area (Å²) in [6.07, 6.45) is 4.64. The van der Waals surface area contributed by atoms with Gasteiger partial charge in [-0.1, -0.05) is 32.0 Å². The summed E-state index contributed by atoms with van der Waals surface area (Å²) in [5.41, 5.74) is 6.68. The van der Waals surface area contributed by atoms with Crippen molar-refractivity contribution >= 4 is 38.3 Å². The first kappa shape index (κ1) is 27.7. The van der Waals surface area contributed by atoms with E-state index in [0.717, 1.165) is 56.8 Å². The lowest BCUT2D eigenvalue weighted by Crippen LogP contribution is -2.56. The molecule has 0 aliphatic carbocycles. The van der Waals surface area contributed by atoms with Gasteiger partial charge in [-0.05, 0) is 61.6 Å². The van der Waals surface area contributed by atoms with E-state index >= 15 is 0 Å². The molecule has 1 fully saturated rings. The van der Waals surface area contributed by atoms with E-state index < -0.39 is 16.1 Å². The Balaban J connectivity index is 1.29. The number of rotatable bonds is 8. The number of hydrogen-bond donors (Lipinski definition) is 1. The average molecular weight is 578 g/mol. The van der Waals surface area contributed by atoms with Crippen LogP contribution in [-0.2, 0) is 27.7 Å². The lowest BCUT2D eigenvalue weighted by molar-refractivity contribution is -0.123. The van der Waals surface area contributed by atoms with Crippen LogP contribution in [0.4, 0.5) is 5.13 Å². The van der Waals surface area contributed by atoms with Gasteiger partial charge in [-0.25, -0.2) is 17.4 Å². The number of hydrogen-bond acceptors (Lipinski definition) is 7. The monoisotopic (exact) mass is 577 g/mol. The van der Waals surface area contributed by atoms with Gasteiger partial charge in [0.1, 0.15) is 6.04 Å². The number of anilines is 1. The fourth-order valence-corrected chi connectivity index (χ4v) is 6.39. The van der Waals surface area contributed by atoms with Gasteiger partial charge in [0.25, 0.3) is 5.91 Å². The molecule has 208 valence electrons. The first-order valence-corrected chi connectivity index (χ1v) is 15.9. The number of pyridine rings is 1. The summed E-state index contributed by atoms with van der Waals surface area (Å²) in [5, 5.41) is 5.21. The Kier molecular flexibility index (Phi) is 7.61. The first-order valence-electron chi connectivity index (χ1n) is 13.1. The maximum Gasteiger partial charge on any atom is 0.256 e. The SMILES string of the molecule is CCc1cc(-c2cccc(-c3csc(NC(=O)[C@@H]4CCN4C(=O)c4cc(C)n(S(C)(=O)=O)c4)n3)c2)cc(CC)n1. The topological polar surface area (TPSA) is 114 Å². The Labute approximate surface area is 238 Å². The summed E-state index contributed by atoms with van der Waals surface area (Å²) in [5.74, 6) is -0.688. The number of amides is 2. The molecule has 9 nitrogen and oxygen atoms in total. The van der Waals surface area contributed by atoms with Gasteiger partial charge in [-0.2, -0.15) is 0 Å². The van der Waals surface area contributed by atoms with Crippen LogP contribution in [0.2, 0.25) is 0 Å². The van der Waals surface area contributed by atoms with Crippen LogP contribution in [0.15, 0.2) is 54.0 Å². The smallest absolute Gasteiger partial charge is 0.256 e. The highest BCUT2D eigenvalue weighted by Gasteiger charge is 2.38. The molecule has 1 aliphatic rings. The maximum absolute atomic E-state index is 13.0. The Morgan fingerprint density at radius 3 is 2.33 bits per heavy atom. The highest BCUT2D eigenvalue weighted by atomic mass is 32.2.